The van der Waals surface area contributed by atoms with E-state index in [9.17, 15) is 9.50 Å². The Morgan fingerprint density at radius 3 is 2.83 bits per heavy atom. The van der Waals surface area contributed by atoms with Crippen LogP contribution in [0.5, 0.6) is 5.75 Å². The Bertz CT molecular complexity index is 1160. The second kappa shape index (κ2) is 9.12. The molecule has 1 unspecified atom stereocenters. The predicted octanol–water partition coefficient (Wildman–Crippen LogP) is 2.93. The fourth-order valence-electron chi connectivity index (χ4n) is 5.27. The van der Waals surface area contributed by atoms with Crippen molar-refractivity contribution < 1.29 is 18.6 Å². The van der Waals surface area contributed by atoms with Crippen molar-refractivity contribution in [3.05, 3.63) is 35.8 Å². The van der Waals surface area contributed by atoms with Gasteiger partial charge in [-0.25, -0.2) is 18.8 Å². The number of aliphatic imine (C=N–C) groups is 1. The quantitative estimate of drug-likeness (QED) is 0.594. The highest BCUT2D eigenvalue weighted by molar-refractivity contribution is 5.90. The van der Waals surface area contributed by atoms with Crippen LogP contribution < -0.4 is 15.5 Å². The summed E-state index contributed by atoms with van der Waals surface area (Å²) >= 11 is 0. The zero-order valence-corrected chi connectivity index (χ0v) is 19.9. The SMILES string of the molecule is COC1N=CC(F)=C(c2ccc(-c3ncc(N(C)[C@@H]4C[C@@]5(C)CCC[C@@H](N5)[C@@H]4F)nn3)c(O)c2)N1. The van der Waals surface area contributed by atoms with Gasteiger partial charge in [0.25, 0.3) is 0 Å². The Morgan fingerprint density at radius 2 is 2.11 bits per heavy atom. The topological polar surface area (TPSA) is 108 Å². The summed E-state index contributed by atoms with van der Waals surface area (Å²) in [5.41, 5.74) is 0.832. The van der Waals surface area contributed by atoms with Crippen LogP contribution in [0.25, 0.3) is 17.1 Å². The maximum Gasteiger partial charge on any atom is 0.225 e. The molecule has 1 aromatic carbocycles. The lowest BCUT2D eigenvalue weighted by molar-refractivity contribution is 0.0607. The first-order valence-corrected chi connectivity index (χ1v) is 11.7. The molecule has 1 aromatic heterocycles. The Labute approximate surface area is 202 Å². The fraction of sp³-hybridized carbons (Fsp3) is 0.500. The molecule has 3 aliphatic heterocycles. The summed E-state index contributed by atoms with van der Waals surface area (Å²) in [7, 11) is 3.27. The Hall–Kier alpha value is -3.18. The third-order valence-electron chi connectivity index (χ3n) is 7.18. The van der Waals surface area contributed by atoms with Crippen LogP contribution in [0.2, 0.25) is 0 Å². The largest absolute Gasteiger partial charge is 0.507 e. The van der Waals surface area contributed by atoms with Crippen LogP contribution >= 0.6 is 0 Å². The van der Waals surface area contributed by atoms with E-state index in [1.54, 1.807) is 12.1 Å². The van der Waals surface area contributed by atoms with E-state index in [0.29, 0.717) is 23.4 Å². The van der Waals surface area contributed by atoms with Gasteiger partial charge in [0.2, 0.25) is 6.35 Å². The van der Waals surface area contributed by atoms with Gasteiger partial charge in [-0.15, -0.1) is 10.2 Å². The monoisotopic (exact) mass is 485 g/mol. The maximum absolute atomic E-state index is 15.2. The van der Waals surface area contributed by atoms with Gasteiger partial charge in [-0.1, -0.05) is 6.07 Å². The van der Waals surface area contributed by atoms with Gasteiger partial charge in [0.05, 0.1) is 29.7 Å². The Kier molecular flexibility index (Phi) is 6.14. The third kappa shape index (κ3) is 4.45. The molecule has 2 saturated heterocycles. The number of methoxy groups -OCH3 is 1. The highest BCUT2D eigenvalue weighted by Crippen LogP contribution is 2.38. The number of aromatic nitrogens is 3. The minimum atomic E-state index is -1.02. The van der Waals surface area contributed by atoms with Gasteiger partial charge in [-0.3, -0.25) is 0 Å². The van der Waals surface area contributed by atoms with E-state index in [2.05, 4.69) is 37.7 Å². The zero-order chi connectivity index (χ0) is 24.7. The molecule has 11 heteroatoms. The van der Waals surface area contributed by atoms with Crippen LogP contribution in [0.4, 0.5) is 14.6 Å². The molecule has 4 heterocycles. The number of phenols is 1. The summed E-state index contributed by atoms with van der Waals surface area (Å²) in [4.78, 5) is 10.0. The second-order valence-corrected chi connectivity index (χ2v) is 9.64. The number of fused-ring (bicyclic) bond motifs is 2. The highest BCUT2D eigenvalue weighted by atomic mass is 19.1. The number of ether oxygens (including phenoxy) is 1. The highest BCUT2D eigenvalue weighted by Gasteiger charge is 2.47. The molecular weight excluding hydrogens is 456 g/mol. The molecule has 186 valence electrons. The van der Waals surface area contributed by atoms with Crippen LogP contribution in [-0.4, -0.2) is 70.8 Å². The molecule has 2 aromatic rings. The number of hydrogen-bond donors (Lipinski definition) is 3. The fourth-order valence-corrected chi connectivity index (χ4v) is 5.27. The summed E-state index contributed by atoms with van der Waals surface area (Å²) < 4.78 is 34.6. The van der Waals surface area contributed by atoms with Crippen LogP contribution in [-0.2, 0) is 4.74 Å². The summed E-state index contributed by atoms with van der Waals surface area (Å²) in [5, 5.41) is 25.3. The minimum Gasteiger partial charge on any atom is -0.507 e. The molecule has 0 aliphatic carbocycles. The van der Waals surface area contributed by atoms with Gasteiger partial charge in [-0.2, -0.15) is 0 Å². The molecule has 0 amide bonds. The second-order valence-electron chi connectivity index (χ2n) is 9.64. The molecule has 5 rings (SSSR count). The van der Waals surface area contributed by atoms with Gasteiger partial charge >= 0.3 is 0 Å². The zero-order valence-electron chi connectivity index (χ0n) is 19.9. The van der Waals surface area contributed by atoms with Crippen LogP contribution in [0.1, 0.15) is 38.2 Å². The number of rotatable bonds is 5. The molecule has 2 fully saturated rings. The first-order valence-electron chi connectivity index (χ1n) is 11.7. The number of halogens is 2. The summed E-state index contributed by atoms with van der Waals surface area (Å²) in [6, 6.07) is 4.15. The van der Waals surface area contributed by atoms with E-state index in [-0.39, 0.29) is 34.9 Å². The number of alkyl halides is 1. The molecule has 35 heavy (non-hydrogen) atoms. The van der Waals surface area contributed by atoms with E-state index in [1.807, 2.05) is 11.9 Å². The van der Waals surface area contributed by atoms with Crippen molar-refractivity contribution in [2.75, 3.05) is 19.1 Å². The summed E-state index contributed by atoms with van der Waals surface area (Å²) in [6.07, 6.45) is 4.43. The number of allylic oxidation sites excluding steroid dienone is 1. The lowest BCUT2D eigenvalue weighted by Gasteiger charge is -2.51. The van der Waals surface area contributed by atoms with E-state index >= 15 is 4.39 Å². The minimum absolute atomic E-state index is 0.0873. The lowest BCUT2D eigenvalue weighted by Crippen LogP contribution is -2.66. The van der Waals surface area contributed by atoms with Crippen molar-refractivity contribution in [3.63, 3.8) is 0 Å². The smallest absolute Gasteiger partial charge is 0.225 e. The number of nitrogens with zero attached hydrogens (tertiary/aromatic N) is 5. The van der Waals surface area contributed by atoms with Gasteiger partial charge in [0, 0.05) is 31.3 Å². The molecule has 0 saturated carbocycles. The number of phenolic OH excluding ortho intramolecular Hbond substituents is 1. The first kappa shape index (κ1) is 23.6. The molecule has 2 bridgehead atoms. The van der Waals surface area contributed by atoms with Crippen LogP contribution in [0.15, 0.2) is 35.2 Å². The number of anilines is 1. The van der Waals surface area contributed by atoms with Crippen LogP contribution in [0.3, 0.4) is 0 Å². The van der Waals surface area contributed by atoms with Crippen molar-refractivity contribution >= 4 is 17.7 Å². The third-order valence-corrected chi connectivity index (χ3v) is 7.18. The molecule has 3 N–H and O–H groups in total. The number of benzene rings is 1. The van der Waals surface area contributed by atoms with Gasteiger partial charge < -0.3 is 25.4 Å². The molecule has 0 radical (unpaired) electrons. The molecule has 0 spiro atoms. The molecule has 5 atom stereocenters. The van der Waals surface area contributed by atoms with E-state index in [1.165, 1.54) is 19.4 Å². The average molecular weight is 486 g/mol. The van der Waals surface area contributed by atoms with Gasteiger partial charge in [0.1, 0.15) is 11.9 Å². The molecule has 3 aliphatic rings. The van der Waals surface area contributed by atoms with Crippen molar-refractivity contribution in [3.8, 4) is 17.1 Å². The van der Waals surface area contributed by atoms with E-state index in [0.717, 1.165) is 25.5 Å². The first-order chi connectivity index (χ1) is 16.8. The van der Waals surface area contributed by atoms with Crippen LogP contribution in [0, 0.1) is 0 Å². The lowest BCUT2D eigenvalue weighted by atomic mass is 9.74. The summed E-state index contributed by atoms with van der Waals surface area (Å²) in [6.45, 7) is 2.15. The number of hydrogen-bond acceptors (Lipinski definition) is 9. The molecule has 9 nitrogen and oxygen atoms in total. The molecular formula is C24H29F2N7O2. The van der Waals surface area contributed by atoms with E-state index in [4.69, 9.17) is 4.74 Å². The Balaban J connectivity index is 1.35. The van der Waals surface area contributed by atoms with Gasteiger partial charge in [-0.05, 0) is 44.7 Å². The Morgan fingerprint density at radius 1 is 1.29 bits per heavy atom. The van der Waals surface area contributed by atoms with Crippen molar-refractivity contribution in [1.29, 1.82) is 0 Å². The van der Waals surface area contributed by atoms with Crippen molar-refractivity contribution in [2.45, 2.75) is 62.8 Å². The summed E-state index contributed by atoms with van der Waals surface area (Å²) in [5.74, 6) is -0.0334. The van der Waals surface area contributed by atoms with Crippen molar-refractivity contribution in [2.24, 2.45) is 4.99 Å². The van der Waals surface area contributed by atoms with Gasteiger partial charge in [0.15, 0.2) is 17.5 Å². The maximum atomic E-state index is 15.2. The number of aromatic hydroxyl groups is 1. The number of nitrogens with one attached hydrogen (secondary N) is 2. The predicted molar refractivity (Wildman–Crippen MR) is 128 cm³/mol. The van der Waals surface area contributed by atoms with Crippen molar-refractivity contribution in [1.82, 2.24) is 25.8 Å². The normalized spacial score (nSPS) is 30.2. The number of piperidine rings is 2. The van der Waals surface area contributed by atoms with E-state index < -0.39 is 18.4 Å². The standard InChI is InChI=1S/C24H29F2N7O2/c1-24-8-4-5-16(30-24)20(26)17(10-24)33(2)19-12-27-22(32-31-19)14-7-6-13(9-18(14)34)21-15(25)11-28-23(29-21)35-3/h6-7,9,11-12,16-17,20,23,29-30,34H,4-5,8,10H2,1-3H3/t16-,17-,20+,23?,24-/m1/s1. The average Bonchev–Trinajstić information content (AvgIpc) is 2.86.